The molecule has 9 heteroatoms. The van der Waals surface area contributed by atoms with Crippen LogP contribution in [0.1, 0.15) is 0 Å². The summed E-state index contributed by atoms with van der Waals surface area (Å²) >= 11 is 1.47. The molecule has 2 heterocycles. The molecule has 2 aromatic carbocycles. The van der Waals surface area contributed by atoms with Crippen LogP contribution in [0, 0.1) is 0 Å². The minimum absolute atomic E-state index is 0.0673. The number of pyridine rings is 1. The fourth-order valence-electron chi connectivity index (χ4n) is 3.48. The highest BCUT2D eigenvalue weighted by Gasteiger charge is 2.22. The van der Waals surface area contributed by atoms with Crippen LogP contribution in [-0.2, 0) is 4.79 Å². The van der Waals surface area contributed by atoms with Gasteiger partial charge in [-0.15, -0.1) is 0 Å². The number of likely N-dealkylation sites (N-methyl/N-ethyl adjacent to an activating group) is 1. The van der Waals surface area contributed by atoms with Gasteiger partial charge in [0, 0.05) is 42.8 Å². The summed E-state index contributed by atoms with van der Waals surface area (Å²) < 4.78 is 6.26. The Hall–Kier alpha value is -3.27. The Balaban J connectivity index is 1.64. The molecule has 1 aliphatic rings. The van der Waals surface area contributed by atoms with Gasteiger partial charge >= 0.3 is 0 Å². The van der Waals surface area contributed by atoms with E-state index in [0.29, 0.717) is 17.3 Å². The van der Waals surface area contributed by atoms with Crippen LogP contribution in [0.5, 0.6) is 11.5 Å². The van der Waals surface area contributed by atoms with Gasteiger partial charge in [-0.3, -0.25) is 4.79 Å². The highest BCUT2D eigenvalue weighted by Crippen LogP contribution is 2.40. The zero-order chi connectivity index (χ0) is 23.2. The van der Waals surface area contributed by atoms with Crippen LogP contribution in [0.3, 0.4) is 0 Å². The van der Waals surface area contributed by atoms with Crippen molar-refractivity contribution in [1.29, 1.82) is 0 Å². The van der Waals surface area contributed by atoms with Crippen LogP contribution in [0.25, 0.3) is 0 Å². The molecular formula is C24H28N6O2S. The third-order valence-corrected chi connectivity index (χ3v) is 6.30. The van der Waals surface area contributed by atoms with Crippen molar-refractivity contribution in [2.45, 2.75) is 9.79 Å². The summed E-state index contributed by atoms with van der Waals surface area (Å²) in [6, 6.07) is 19.1. The lowest BCUT2D eigenvalue weighted by Gasteiger charge is -2.34. The van der Waals surface area contributed by atoms with Gasteiger partial charge in [0.1, 0.15) is 11.6 Å². The van der Waals surface area contributed by atoms with Gasteiger partial charge in [-0.2, -0.15) is 0 Å². The average Bonchev–Trinajstić information content (AvgIpc) is 2.82. The second-order valence-corrected chi connectivity index (χ2v) is 8.90. The summed E-state index contributed by atoms with van der Waals surface area (Å²) in [5.41, 5.74) is 12.5. The molecule has 0 bridgehead atoms. The maximum Gasteiger partial charge on any atom is 0.238 e. The number of nitrogen functional groups attached to an aromatic ring is 1. The number of benzene rings is 2. The molecule has 4 rings (SSSR count). The monoisotopic (exact) mass is 464 g/mol. The van der Waals surface area contributed by atoms with Gasteiger partial charge in [0.15, 0.2) is 11.6 Å². The molecule has 1 amide bonds. The molecule has 0 atom stereocenters. The maximum absolute atomic E-state index is 11.6. The lowest BCUT2D eigenvalue weighted by atomic mass is 10.3. The van der Waals surface area contributed by atoms with Gasteiger partial charge < -0.3 is 31.3 Å². The van der Waals surface area contributed by atoms with Crippen molar-refractivity contribution in [1.82, 2.24) is 9.88 Å². The van der Waals surface area contributed by atoms with Crippen molar-refractivity contribution in [3.8, 4) is 11.5 Å². The molecule has 0 spiro atoms. The summed E-state index contributed by atoms with van der Waals surface area (Å²) in [6.45, 7) is 3.53. The number of aromatic nitrogens is 1. The number of hydrogen-bond acceptors (Lipinski definition) is 8. The molecule has 1 saturated heterocycles. The first-order chi connectivity index (χ1) is 16.0. The molecule has 5 N–H and O–H groups in total. The second-order valence-electron chi connectivity index (χ2n) is 7.78. The van der Waals surface area contributed by atoms with Crippen molar-refractivity contribution < 1.29 is 9.53 Å². The number of amides is 1. The lowest BCUT2D eigenvalue weighted by molar-refractivity contribution is -0.114. The quantitative estimate of drug-likeness (QED) is 0.489. The van der Waals surface area contributed by atoms with E-state index in [1.54, 1.807) is 0 Å². The number of ether oxygens (including phenoxy) is 1. The van der Waals surface area contributed by atoms with E-state index < -0.39 is 0 Å². The first-order valence-corrected chi connectivity index (χ1v) is 11.6. The Bertz CT molecular complexity index is 1100. The molecule has 0 radical (unpaired) electrons. The summed E-state index contributed by atoms with van der Waals surface area (Å²) in [5.74, 6) is 2.34. The number of carbonyl (C=O) groups excluding carboxylic acids is 1. The summed E-state index contributed by atoms with van der Waals surface area (Å²) in [6.07, 6.45) is 0. The van der Waals surface area contributed by atoms with E-state index in [1.165, 1.54) is 11.8 Å². The van der Waals surface area contributed by atoms with Crippen molar-refractivity contribution >= 4 is 35.0 Å². The summed E-state index contributed by atoms with van der Waals surface area (Å²) in [7, 11) is 2.12. The third-order valence-electron chi connectivity index (χ3n) is 5.27. The highest BCUT2D eigenvalue weighted by molar-refractivity contribution is 7.99. The average molecular weight is 465 g/mol. The van der Waals surface area contributed by atoms with E-state index in [4.69, 9.17) is 21.2 Å². The lowest BCUT2D eigenvalue weighted by Crippen LogP contribution is -2.45. The molecule has 3 aromatic rings. The molecule has 1 fully saturated rings. The van der Waals surface area contributed by atoms with Gasteiger partial charge in [0.25, 0.3) is 0 Å². The van der Waals surface area contributed by atoms with Crippen molar-refractivity contribution in [2.24, 2.45) is 5.73 Å². The van der Waals surface area contributed by atoms with E-state index in [9.17, 15) is 4.79 Å². The third kappa shape index (κ3) is 5.95. The van der Waals surface area contributed by atoms with Crippen LogP contribution in [-0.4, -0.2) is 55.6 Å². The Morgan fingerprint density at radius 1 is 1.09 bits per heavy atom. The number of carbonyl (C=O) groups is 1. The number of para-hydroxylation sites is 1. The van der Waals surface area contributed by atoms with Gasteiger partial charge in [-0.1, -0.05) is 36.0 Å². The Kier molecular flexibility index (Phi) is 7.33. The Morgan fingerprint density at radius 2 is 1.85 bits per heavy atom. The standard InChI is InChI=1S/C24H28N6O2S/c1-29-10-12-30(13-11-29)24-20(32-18-7-3-2-4-8-18)15-21(23(26)28-24)33-19-9-5-6-17(14-19)27-22(31)16-25/h2-9,14-15H,10-13,16,25H2,1H3,(H2,26,28)(H,27,31). The zero-order valence-electron chi connectivity index (χ0n) is 18.5. The summed E-state index contributed by atoms with van der Waals surface area (Å²) in [5, 5.41) is 2.77. The van der Waals surface area contributed by atoms with Crippen LogP contribution in [0.15, 0.2) is 70.5 Å². The van der Waals surface area contributed by atoms with E-state index >= 15 is 0 Å². The first-order valence-electron chi connectivity index (χ1n) is 10.8. The van der Waals surface area contributed by atoms with Crippen LogP contribution in [0.2, 0.25) is 0 Å². The Labute approximate surface area is 197 Å². The molecule has 0 aliphatic carbocycles. The van der Waals surface area contributed by atoms with E-state index in [1.807, 2.05) is 60.7 Å². The number of nitrogens with two attached hydrogens (primary N) is 2. The largest absolute Gasteiger partial charge is 0.453 e. The second kappa shape index (κ2) is 10.6. The Morgan fingerprint density at radius 3 is 2.58 bits per heavy atom. The smallest absolute Gasteiger partial charge is 0.238 e. The molecule has 0 saturated carbocycles. The van der Waals surface area contributed by atoms with Gasteiger partial charge in [-0.25, -0.2) is 4.98 Å². The number of anilines is 3. The highest BCUT2D eigenvalue weighted by atomic mass is 32.2. The predicted molar refractivity (Wildman–Crippen MR) is 133 cm³/mol. The van der Waals surface area contributed by atoms with Gasteiger partial charge in [0.05, 0.1) is 11.4 Å². The number of piperazine rings is 1. The number of hydrogen-bond donors (Lipinski definition) is 3. The molecule has 0 unspecified atom stereocenters. The molecule has 1 aliphatic heterocycles. The maximum atomic E-state index is 11.6. The van der Waals surface area contributed by atoms with Crippen LogP contribution < -0.4 is 26.4 Å². The van der Waals surface area contributed by atoms with Crippen molar-refractivity contribution in [3.63, 3.8) is 0 Å². The predicted octanol–water partition coefficient (Wildman–Crippen LogP) is 3.26. The van der Waals surface area contributed by atoms with Crippen molar-refractivity contribution in [2.75, 3.05) is 55.7 Å². The van der Waals surface area contributed by atoms with Gasteiger partial charge in [0.2, 0.25) is 5.91 Å². The zero-order valence-corrected chi connectivity index (χ0v) is 19.3. The van der Waals surface area contributed by atoms with E-state index in [2.05, 4.69) is 22.2 Å². The fraction of sp³-hybridized carbons (Fsp3) is 0.250. The van der Waals surface area contributed by atoms with E-state index in [0.717, 1.165) is 47.5 Å². The fourth-order valence-corrected chi connectivity index (χ4v) is 4.38. The molecule has 33 heavy (non-hydrogen) atoms. The van der Waals surface area contributed by atoms with Crippen molar-refractivity contribution in [3.05, 3.63) is 60.7 Å². The summed E-state index contributed by atoms with van der Waals surface area (Å²) in [4.78, 5) is 22.6. The topological polar surface area (TPSA) is 110 Å². The van der Waals surface area contributed by atoms with Crippen LogP contribution in [0.4, 0.5) is 17.3 Å². The SMILES string of the molecule is CN1CCN(c2nc(N)c(Sc3cccc(NC(=O)CN)c3)cc2Oc2ccccc2)CC1. The normalized spacial score (nSPS) is 14.2. The number of nitrogens with one attached hydrogen (secondary N) is 1. The first kappa shape index (κ1) is 22.9. The molecule has 8 nitrogen and oxygen atoms in total. The molecule has 172 valence electrons. The van der Waals surface area contributed by atoms with E-state index in [-0.39, 0.29) is 12.5 Å². The minimum atomic E-state index is -0.242. The number of nitrogens with zero attached hydrogens (tertiary/aromatic N) is 3. The number of rotatable bonds is 7. The molecular weight excluding hydrogens is 436 g/mol. The van der Waals surface area contributed by atoms with Gasteiger partial charge in [-0.05, 0) is 37.4 Å². The minimum Gasteiger partial charge on any atom is -0.453 e. The molecule has 1 aromatic heterocycles. The van der Waals surface area contributed by atoms with Crippen LogP contribution >= 0.6 is 11.8 Å².